The van der Waals surface area contributed by atoms with Gasteiger partial charge in [0.1, 0.15) is 0 Å². The van der Waals surface area contributed by atoms with Gasteiger partial charge in [-0.15, -0.1) is 0 Å². The Kier molecular flexibility index (Phi) is 3.58. The second kappa shape index (κ2) is 4.85. The third-order valence-electron chi connectivity index (χ3n) is 4.26. The maximum Gasteiger partial charge on any atom is 0.155 e. The zero-order chi connectivity index (χ0) is 13.2. The topological polar surface area (TPSA) is 17.1 Å². The summed E-state index contributed by atoms with van der Waals surface area (Å²) in [6, 6.07) is 10.7. The Bertz CT molecular complexity index is 456. The average molecular weight is 258 g/mol. The van der Waals surface area contributed by atoms with Crippen LogP contribution in [0.25, 0.3) is 0 Å². The van der Waals surface area contributed by atoms with Gasteiger partial charge in [-0.05, 0) is 29.5 Å². The molecule has 0 amide bonds. The van der Waals surface area contributed by atoms with Crippen LogP contribution in [0.2, 0.25) is 24.7 Å². The van der Waals surface area contributed by atoms with Crippen LogP contribution in [-0.4, -0.2) is 13.9 Å². The molecule has 1 aliphatic rings. The molecule has 96 valence electrons. The molecule has 0 bridgehead atoms. The van der Waals surface area contributed by atoms with Crippen LogP contribution in [0.5, 0.6) is 0 Å². The molecule has 0 aromatic heterocycles. The van der Waals surface area contributed by atoms with Gasteiger partial charge >= 0.3 is 0 Å². The van der Waals surface area contributed by atoms with Crippen molar-refractivity contribution in [2.75, 3.05) is 0 Å². The van der Waals surface area contributed by atoms with E-state index in [1.807, 2.05) is 6.08 Å². The van der Waals surface area contributed by atoms with Crippen molar-refractivity contribution < 1.29 is 4.79 Å². The highest BCUT2D eigenvalue weighted by Gasteiger charge is 2.42. The molecule has 18 heavy (non-hydrogen) atoms. The van der Waals surface area contributed by atoms with Crippen LogP contribution in [0.1, 0.15) is 18.4 Å². The molecule has 0 fully saturated rings. The first-order valence-electron chi connectivity index (χ1n) is 6.69. The second-order valence-corrected chi connectivity index (χ2v) is 11.9. The van der Waals surface area contributed by atoms with Crippen LogP contribution in [0.15, 0.2) is 42.5 Å². The molecular weight excluding hydrogens is 236 g/mol. The number of allylic oxidation sites excluding steroid dienone is 2. The summed E-state index contributed by atoms with van der Waals surface area (Å²) in [4.78, 5) is 11.5. The Hall–Kier alpha value is -1.15. The van der Waals surface area contributed by atoms with Gasteiger partial charge < -0.3 is 0 Å². The smallest absolute Gasteiger partial charge is 0.155 e. The van der Waals surface area contributed by atoms with Crippen molar-refractivity contribution in [3.05, 3.63) is 48.0 Å². The van der Waals surface area contributed by atoms with Gasteiger partial charge in [0.15, 0.2) is 5.78 Å². The molecule has 2 rings (SSSR count). The largest absolute Gasteiger partial charge is 0.295 e. The summed E-state index contributed by atoms with van der Waals surface area (Å²) >= 11 is 0. The van der Waals surface area contributed by atoms with E-state index in [9.17, 15) is 4.79 Å². The van der Waals surface area contributed by atoms with Crippen molar-refractivity contribution in [1.29, 1.82) is 0 Å². The third-order valence-corrected chi connectivity index (χ3v) is 7.84. The van der Waals surface area contributed by atoms with Crippen LogP contribution in [0.4, 0.5) is 0 Å². The molecule has 0 N–H and O–H groups in total. The minimum atomic E-state index is -1.36. The zero-order valence-electron chi connectivity index (χ0n) is 11.6. The van der Waals surface area contributed by atoms with E-state index in [0.29, 0.717) is 6.42 Å². The van der Waals surface area contributed by atoms with Gasteiger partial charge in [0.2, 0.25) is 0 Å². The van der Waals surface area contributed by atoms with Crippen LogP contribution >= 0.6 is 0 Å². The van der Waals surface area contributed by atoms with Gasteiger partial charge in [0.25, 0.3) is 0 Å². The number of rotatable bonds is 3. The first kappa shape index (κ1) is 13.3. The quantitative estimate of drug-likeness (QED) is 0.742. The van der Waals surface area contributed by atoms with Gasteiger partial charge in [-0.25, -0.2) is 0 Å². The lowest BCUT2D eigenvalue weighted by Gasteiger charge is -2.43. The molecule has 1 aromatic rings. The summed E-state index contributed by atoms with van der Waals surface area (Å²) in [5, 5.41) is 0.238. The predicted molar refractivity (Wildman–Crippen MR) is 79.6 cm³/mol. The number of carbonyl (C=O) groups excluding carboxylic acids is 1. The number of benzene rings is 1. The van der Waals surface area contributed by atoms with E-state index in [-0.39, 0.29) is 10.8 Å². The molecule has 0 spiro atoms. The van der Waals surface area contributed by atoms with Crippen molar-refractivity contribution in [3.63, 3.8) is 0 Å². The highest BCUT2D eigenvalue weighted by molar-refractivity contribution is 6.79. The highest BCUT2D eigenvalue weighted by Crippen LogP contribution is 2.48. The van der Waals surface area contributed by atoms with Crippen molar-refractivity contribution in [2.45, 2.75) is 43.9 Å². The summed E-state index contributed by atoms with van der Waals surface area (Å²) < 4.78 is 0. The van der Waals surface area contributed by atoms with Gasteiger partial charge in [-0.2, -0.15) is 0 Å². The minimum absolute atomic E-state index is 0.238. The van der Waals surface area contributed by atoms with E-state index in [0.717, 1.165) is 12.8 Å². The summed E-state index contributed by atoms with van der Waals surface area (Å²) in [7, 11) is -1.36. The van der Waals surface area contributed by atoms with E-state index in [1.54, 1.807) is 0 Å². The molecule has 0 aliphatic heterocycles. The molecule has 0 heterocycles. The Morgan fingerprint density at radius 2 is 1.83 bits per heavy atom. The van der Waals surface area contributed by atoms with E-state index >= 15 is 0 Å². The number of carbonyl (C=O) groups is 1. The Morgan fingerprint density at radius 1 is 1.17 bits per heavy atom. The zero-order valence-corrected chi connectivity index (χ0v) is 12.6. The molecule has 2 heteroatoms. The molecule has 0 radical (unpaired) electrons. The SMILES string of the molecule is C[Si](C)(C)C1(Cc2ccccc2)C=CC(=O)CC1. The number of hydrogen-bond donors (Lipinski definition) is 0. The van der Waals surface area contributed by atoms with Crippen molar-refractivity contribution in [3.8, 4) is 0 Å². The fourth-order valence-electron chi connectivity index (χ4n) is 2.76. The van der Waals surface area contributed by atoms with Crippen molar-refractivity contribution >= 4 is 13.9 Å². The monoisotopic (exact) mass is 258 g/mol. The van der Waals surface area contributed by atoms with Gasteiger partial charge in [0.05, 0.1) is 8.07 Å². The molecule has 1 unspecified atom stereocenters. The number of hydrogen-bond acceptors (Lipinski definition) is 1. The lowest BCUT2D eigenvalue weighted by atomic mass is 9.88. The standard InChI is InChI=1S/C16H22OSi/c1-18(2,3)16(11-9-15(17)10-12-16)13-14-7-5-4-6-8-14/h4-9,11H,10,12-13H2,1-3H3. The fraction of sp³-hybridized carbons (Fsp3) is 0.438. The molecule has 1 nitrogen and oxygen atoms in total. The molecule has 1 atom stereocenters. The first-order chi connectivity index (χ1) is 8.43. The van der Waals surface area contributed by atoms with E-state index in [2.05, 4.69) is 56.0 Å². The molecular formula is C16H22OSi. The summed E-state index contributed by atoms with van der Waals surface area (Å²) in [5.41, 5.74) is 1.39. The highest BCUT2D eigenvalue weighted by atomic mass is 28.3. The Labute approximate surface area is 111 Å². The maximum absolute atomic E-state index is 11.5. The first-order valence-corrected chi connectivity index (χ1v) is 10.2. The van der Waals surface area contributed by atoms with Crippen LogP contribution in [0.3, 0.4) is 0 Å². The summed E-state index contributed by atoms with van der Waals surface area (Å²) in [6.45, 7) is 7.24. The van der Waals surface area contributed by atoms with Crippen LogP contribution in [0, 0.1) is 0 Å². The lowest BCUT2D eigenvalue weighted by molar-refractivity contribution is -0.115. The normalized spacial score (nSPS) is 24.3. The minimum Gasteiger partial charge on any atom is -0.295 e. The fourth-order valence-corrected chi connectivity index (χ4v) is 4.96. The van der Waals surface area contributed by atoms with Gasteiger partial charge in [0, 0.05) is 6.42 Å². The summed E-state index contributed by atoms with van der Waals surface area (Å²) in [5.74, 6) is 0.289. The van der Waals surface area contributed by atoms with Crippen molar-refractivity contribution in [2.24, 2.45) is 0 Å². The van der Waals surface area contributed by atoms with Crippen LogP contribution in [-0.2, 0) is 11.2 Å². The average Bonchev–Trinajstić information content (AvgIpc) is 2.32. The van der Waals surface area contributed by atoms with Gasteiger partial charge in [-0.3, -0.25) is 4.79 Å². The Morgan fingerprint density at radius 3 is 2.33 bits per heavy atom. The van der Waals surface area contributed by atoms with Crippen molar-refractivity contribution in [1.82, 2.24) is 0 Å². The lowest BCUT2D eigenvalue weighted by Crippen LogP contribution is -2.41. The molecule has 0 saturated carbocycles. The third kappa shape index (κ3) is 2.64. The molecule has 1 aromatic carbocycles. The van der Waals surface area contributed by atoms with Crippen LogP contribution < -0.4 is 0 Å². The second-order valence-electron chi connectivity index (χ2n) is 6.37. The number of ketones is 1. The molecule has 1 aliphatic carbocycles. The summed E-state index contributed by atoms with van der Waals surface area (Å²) in [6.07, 6.45) is 6.86. The van der Waals surface area contributed by atoms with E-state index in [1.165, 1.54) is 5.56 Å². The maximum atomic E-state index is 11.5. The van der Waals surface area contributed by atoms with Gasteiger partial charge in [-0.1, -0.05) is 56.0 Å². The molecule has 0 saturated heterocycles. The predicted octanol–water partition coefficient (Wildman–Crippen LogP) is 4.23. The Balaban J connectivity index is 2.33. The van der Waals surface area contributed by atoms with E-state index in [4.69, 9.17) is 0 Å². The van der Waals surface area contributed by atoms with E-state index < -0.39 is 8.07 Å².